The van der Waals surface area contributed by atoms with Gasteiger partial charge in [-0.1, -0.05) is 19.9 Å². The van der Waals surface area contributed by atoms with Crippen LogP contribution in [0.2, 0.25) is 0 Å². The van der Waals surface area contributed by atoms with Gasteiger partial charge in [-0.2, -0.15) is 0 Å². The quantitative estimate of drug-likeness (QED) is 0.593. The molecule has 11 heavy (non-hydrogen) atoms. The van der Waals surface area contributed by atoms with Crippen molar-refractivity contribution in [2.24, 2.45) is 5.41 Å². The highest BCUT2D eigenvalue weighted by molar-refractivity contribution is 4.95. The standard InChI is InChI=1S/C9H18O2/c1-4-9(3,5-2)8(11)6-7-10/h4,8,10-11H,1,5-7H2,2-3H3. The third-order valence-electron chi connectivity index (χ3n) is 2.39. The average Bonchev–Trinajstić information content (AvgIpc) is 2.03. The van der Waals surface area contributed by atoms with Gasteiger partial charge in [-0.25, -0.2) is 0 Å². The summed E-state index contributed by atoms with van der Waals surface area (Å²) < 4.78 is 0. The van der Waals surface area contributed by atoms with Crippen LogP contribution >= 0.6 is 0 Å². The summed E-state index contributed by atoms with van der Waals surface area (Å²) in [4.78, 5) is 0. The van der Waals surface area contributed by atoms with Gasteiger partial charge in [-0.05, 0) is 12.8 Å². The molecular formula is C9H18O2. The molecule has 0 heterocycles. The maximum absolute atomic E-state index is 9.54. The van der Waals surface area contributed by atoms with Crippen LogP contribution in [0.1, 0.15) is 26.7 Å². The van der Waals surface area contributed by atoms with Crippen molar-refractivity contribution in [1.82, 2.24) is 0 Å². The van der Waals surface area contributed by atoms with Crippen molar-refractivity contribution in [3.8, 4) is 0 Å². The largest absolute Gasteiger partial charge is 0.396 e. The first kappa shape index (κ1) is 10.7. The number of aliphatic hydroxyl groups excluding tert-OH is 2. The van der Waals surface area contributed by atoms with Gasteiger partial charge in [-0.3, -0.25) is 0 Å². The number of hydrogen-bond donors (Lipinski definition) is 2. The summed E-state index contributed by atoms with van der Waals surface area (Å²) in [6, 6.07) is 0. The van der Waals surface area contributed by atoms with E-state index in [4.69, 9.17) is 5.11 Å². The molecule has 0 spiro atoms. The van der Waals surface area contributed by atoms with Gasteiger partial charge < -0.3 is 10.2 Å². The van der Waals surface area contributed by atoms with E-state index in [0.29, 0.717) is 6.42 Å². The van der Waals surface area contributed by atoms with Crippen LogP contribution in [0.3, 0.4) is 0 Å². The molecule has 0 saturated carbocycles. The molecule has 0 bridgehead atoms. The lowest BCUT2D eigenvalue weighted by Gasteiger charge is -2.29. The Bertz CT molecular complexity index is 123. The van der Waals surface area contributed by atoms with E-state index in [1.807, 2.05) is 13.8 Å². The van der Waals surface area contributed by atoms with Crippen molar-refractivity contribution in [3.05, 3.63) is 12.7 Å². The van der Waals surface area contributed by atoms with Crippen LogP contribution in [-0.4, -0.2) is 22.9 Å². The molecule has 0 aromatic rings. The van der Waals surface area contributed by atoms with E-state index in [1.54, 1.807) is 6.08 Å². The van der Waals surface area contributed by atoms with Crippen molar-refractivity contribution >= 4 is 0 Å². The van der Waals surface area contributed by atoms with Crippen LogP contribution in [0.25, 0.3) is 0 Å². The van der Waals surface area contributed by atoms with E-state index in [2.05, 4.69) is 6.58 Å². The second-order valence-corrected chi connectivity index (χ2v) is 3.09. The minimum absolute atomic E-state index is 0.0323. The molecule has 0 aromatic carbocycles. The van der Waals surface area contributed by atoms with Gasteiger partial charge in [0.2, 0.25) is 0 Å². The lowest BCUT2D eigenvalue weighted by Crippen LogP contribution is -2.30. The highest BCUT2D eigenvalue weighted by Gasteiger charge is 2.26. The molecule has 66 valence electrons. The van der Waals surface area contributed by atoms with E-state index >= 15 is 0 Å². The fraction of sp³-hybridized carbons (Fsp3) is 0.778. The highest BCUT2D eigenvalue weighted by Crippen LogP contribution is 2.28. The summed E-state index contributed by atoms with van der Waals surface area (Å²) in [5, 5.41) is 18.1. The van der Waals surface area contributed by atoms with Crippen LogP contribution in [0.5, 0.6) is 0 Å². The Morgan fingerprint density at radius 3 is 2.45 bits per heavy atom. The second kappa shape index (κ2) is 4.52. The van der Waals surface area contributed by atoms with E-state index in [9.17, 15) is 5.11 Å². The maximum Gasteiger partial charge on any atom is 0.0649 e. The van der Waals surface area contributed by atoms with Gasteiger partial charge in [0.1, 0.15) is 0 Å². The molecule has 0 fully saturated rings. The SMILES string of the molecule is C=CC(C)(CC)C(O)CCO. The molecule has 2 unspecified atom stereocenters. The van der Waals surface area contributed by atoms with E-state index in [1.165, 1.54) is 0 Å². The summed E-state index contributed by atoms with van der Waals surface area (Å²) >= 11 is 0. The summed E-state index contributed by atoms with van der Waals surface area (Å²) in [5.41, 5.74) is -0.247. The molecule has 2 atom stereocenters. The smallest absolute Gasteiger partial charge is 0.0649 e. The van der Waals surface area contributed by atoms with Crippen LogP contribution in [0.15, 0.2) is 12.7 Å². The molecule has 0 amide bonds. The summed E-state index contributed by atoms with van der Waals surface area (Å²) in [5.74, 6) is 0. The first-order valence-electron chi connectivity index (χ1n) is 4.03. The van der Waals surface area contributed by atoms with Crippen molar-refractivity contribution in [1.29, 1.82) is 0 Å². The number of aliphatic hydroxyl groups is 2. The molecule has 2 nitrogen and oxygen atoms in total. The van der Waals surface area contributed by atoms with Crippen molar-refractivity contribution in [3.63, 3.8) is 0 Å². The predicted octanol–water partition coefficient (Wildman–Crippen LogP) is 1.33. The minimum atomic E-state index is -0.477. The molecule has 0 aliphatic heterocycles. The summed E-state index contributed by atoms with van der Waals surface area (Å²) in [6.07, 6.45) is 2.55. The van der Waals surface area contributed by atoms with Crippen LogP contribution in [-0.2, 0) is 0 Å². The molecule has 0 aromatic heterocycles. The minimum Gasteiger partial charge on any atom is -0.396 e. The molecule has 2 heteroatoms. The molecule has 0 rings (SSSR count). The number of hydrogen-bond acceptors (Lipinski definition) is 2. The van der Waals surface area contributed by atoms with Crippen LogP contribution < -0.4 is 0 Å². The highest BCUT2D eigenvalue weighted by atomic mass is 16.3. The van der Waals surface area contributed by atoms with Gasteiger partial charge >= 0.3 is 0 Å². The Hall–Kier alpha value is -0.340. The monoisotopic (exact) mass is 158 g/mol. The van der Waals surface area contributed by atoms with E-state index in [-0.39, 0.29) is 12.0 Å². The average molecular weight is 158 g/mol. The van der Waals surface area contributed by atoms with Gasteiger partial charge in [0, 0.05) is 12.0 Å². The third-order valence-corrected chi connectivity index (χ3v) is 2.39. The molecule has 0 saturated heterocycles. The van der Waals surface area contributed by atoms with Gasteiger partial charge in [0.05, 0.1) is 6.10 Å². The molecule has 0 aliphatic rings. The maximum atomic E-state index is 9.54. The third kappa shape index (κ3) is 2.64. The summed E-state index contributed by atoms with van der Waals surface area (Å²) in [7, 11) is 0. The molecule has 0 radical (unpaired) electrons. The lowest BCUT2D eigenvalue weighted by molar-refractivity contribution is 0.0447. The van der Waals surface area contributed by atoms with E-state index in [0.717, 1.165) is 6.42 Å². The molecular weight excluding hydrogens is 140 g/mol. The predicted molar refractivity (Wildman–Crippen MR) is 46.3 cm³/mol. The van der Waals surface area contributed by atoms with Gasteiger partial charge in [0.15, 0.2) is 0 Å². The Labute approximate surface area is 68.6 Å². The Morgan fingerprint density at radius 2 is 2.18 bits per heavy atom. The van der Waals surface area contributed by atoms with Crippen LogP contribution in [0, 0.1) is 5.41 Å². The zero-order valence-corrected chi connectivity index (χ0v) is 7.38. The fourth-order valence-electron chi connectivity index (χ4n) is 0.968. The fourth-order valence-corrected chi connectivity index (χ4v) is 0.968. The zero-order chi connectivity index (χ0) is 8.91. The van der Waals surface area contributed by atoms with Crippen molar-refractivity contribution in [2.45, 2.75) is 32.8 Å². The number of rotatable bonds is 5. The normalized spacial score (nSPS) is 18.9. The first-order valence-corrected chi connectivity index (χ1v) is 4.03. The Balaban J connectivity index is 4.11. The van der Waals surface area contributed by atoms with Gasteiger partial charge in [0.25, 0.3) is 0 Å². The Morgan fingerprint density at radius 1 is 1.64 bits per heavy atom. The Kier molecular flexibility index (Phi) is 4.38. The van der Waals surface area contributed by atoms with E-state index < -0.39 is 6.10 Å². The van der Waals surface area contributed by atoms with Crippen molar-refractivity contribution < 1.29 is 10.2 Å². The lowest BCUT2D eigenvalue weighted by atomic mass is 9.80. The topological polar surface area (TPSA) is 40.5 Å². The van der Waals surface area contributed by atoms with Gasteiger partial charge in [-0.15, -0.1) is 6.58 Å². The van der Waals surface area contributed by atoms with Crippen LogP contribution in [0.4, 0.5) is 0 Å². The molecule has 0 aliphatic carbocycles. The molecule has 2 N–H and O–H groups in total. The zero-order valence-electron chi connectivity index (χ0n) is 7.38. The van der Waals surface area contributed by atoms with Crippen molar-refractivity contribution in [2.75, 3.05) is 6.61 Å². The second-order valence-electron chi connectivity index (χ2n) is 3.09. The summed E-state index contributed by atoms with van der Waals surface area (Å²) in [6.45, 7) is 7.64. The first-order chi connectivity index (χ1) is 5.10.